The minimum atomic E-state index is -0.277. The maximum Gasteiger partial charge on any atom is 0.261 e. The van der Waals surface area contributed by atoms with Crippen molar-refractivity contribution in [3.63, 3.8) is 0 Å². The molecule has 0 radical (unpaired) electrons. The summed E-state index contributed by atoms with van der Waals surface area (Å²) < 4.78 is 5.17. The molecule has 0 aliphatic carbocycles. The van der Waals surface area contributed by atoms with E-state index in [0.29, 0.717) is 17.0 Å². The Morgan fingerprint density at radius 2 is 1.95 bits per heavy atom. The van der Waals surface area contributed by atoms with Crippen molar-refractivity contribution in [1.29, 1.82) is 0 Å². The predicted octanol–water partition coefficient (Wildman–Crippen LogP) is 2.84. The average Bonchev–Trinajstić information content (AvgIpc) is 2.38. The van der Waals surface area contributed by atoms with Crippen molar-refractivity contribution in [2.45, 2.75) is 6.92 Å². The van der Waals surface area contributed by atoms with Crippen LogP contribution in [-0.4, -0.2) is 13.0 Å². The second kappa shape index (κ2) is 5.44. The summed E-state index contributed by atoms with van der Waals surface area (Å²) >= 11 is 0. The van der Waals surface area contributed by atoms with E-state index in [1.807, 2.05) is 31.2 Å². The van der Waals surface area contributed by atoms with Gasteiger partial charge in [-0.25, -0.2) is 0 Å². The summed E-state index contributed by atoms with van der Waals surface area (Å²) in [5.74, 6) is 0.186. The van der Waals surface area contributed by atoms with Crippen LogP contribution in [0.1, 0.15) is 15.9 Å². The highest BCUT2D eigenvalue weighted by atomic mass is 16.5. The largest absolute Gasteiger partial charge is 0.496 e. The summed E-state index contributed by atoms with van der Waals surface area (Å²) in [6.45, 7) is 1.97. The van der Waals surface area contributed by atoms with Gasteiger partial charge in [0.15, 0.2) is 0 Å². The van der Waals surface area contributed by atoms with Crippen molar-refractivity contribution < 1.29 is 9.53 Å². The van der Waals surface area contributed by atoms with Crippen LogP contribution in [-0.2, 0) is 0 Å². The topological polar surface area (TPSA) is 64.3 Å². The van der Waals surface area contributed by atoms with Gasteiger partial charge in [0.05, 0.1) is 7.11 Å². The monoisotopic (exact) mass is 256 g/mol. The first-order valence-corrected chi connectivity index (χ1v) is 5.92. The predicted molar refractivity (Wildman–Crippen MR) is 76.5 cm³/mol. The number of hydrogen-bond donors (Lipinski definition) is 2. The smallest absolute Gasteiger partial charge is 0.261 e. The third-order valence-electron chi connectivity index (χ3n) is 2.78. The number of ether oxygens (including phenoxy) is 1. The molecule has 98 valence electrons. The van der Waals surface area contributed by atoms with Gasteiger partial charge in [-0.3, -0.25) is 4.79 Å². The highest BCUT2D eigenvalue weighted by Gasteiger charge is 2.15. The highest BCUT2D eigenvalue weighted by Crippen LogP contribution is 2.25. The molecule has 19 heavy (non-hydrogen) atoms. The fourth-order valence-corrected chi connectivity index (χ4v) is 1.88. The molecule has 0 heterocycles. The lowest BCUT2D eigenvalue weighted by Crippen LogP contribution is -2.15. The molecule has 0 bridgehead atoms. The number of nitrogens with one attached hydrogen (secondary N) is 1. The number of anilines is 2. The number of carbonyl (C=O) groups excluding carboxylic acids is 1. The Morgan fingerprint density at radius 3 is 2.63 bits per heavy atom. The summed E-state index contributed by atoms with van der Waals surface area (Å²) in [5.41, 5.74) is 8.39. The van der Waals surface area contributed by atoms with Crippen LogP contribution in [0.25, 0.3) is 0 Å². The number of hydrogen-bond acceptors (Lipinski definition) is 3. The molecule has 4 nitrogen and oxygen atoms in total. The molecule has 2 aromatic carbocycles. The molecule has 0 saturated carbocycles. The fraction of sp³-hybridized carbons (Fsp3) is 0.133. The van der Waals surface area contributed by atoms with Crippen molar-refractivity contribution in [3.8, 4) is 5.75 Å². The zero-order valence-electron chi connectivity index (χ0n) is 10.9. The number of nitrogen functional groups attached to an aromatic ring is 1. The molecule has 0 atom stereocenters. The van der Waals surface area contributed by atoms with Gasteiger partial charge in [-0.1, -0.05) is 18.2 Å². The molecule has 3 N–H and O–H groups in total. The van der Waals surface area contributed by atoms with Crippen LogP contribution in [0.5, 0.6) is 5.75 Å². The Morgan fingerprint density at radius 1 is 1.21 bits per heavy atom. The van der Waals surface area contributed by atoms with E-state index in [1.165, 1.54) is 7.11 Å². The van der Waals surface area contributed by atoms with Crippen LogP contribution >= 0.6 is 0 Å². The zero-order valence-corrected chi connectivity index (χ0v) is 10.9. The average molecular weight is 256 g/mol. The Kier molecular flexibility index (Phi) is 3.71. The molecule has 0 spiro atoms. The first-order chi connectivity index (χ1) is 9.11. The Balaban J connectivity index is 2.30. The lowest BCUT2D eigenvalue weighted by molar-refractivity contribution is 0.102. The van der Waals surface area contributed by atoms with Crippen molar-refractivity contribution in [3.05, 3.63) is 53.6 Å². The number of nitrogens with two attached hydrogens (primary N) is 1. The molecular weight excluding hydrogens is 240 g/mol. The quantitative estimate of drug-likeness (QED) is 0.830. The Labute approximate surface area is 112 Å². The maximum absolute atomic E-state index is 12.3. The lowest BCUT2D eigenvalue weighted by Gasteiger charge is -2.11. The Hall–Kier alpha value is -2.49. The molecule has 0 aromatic heterocycles. The van der Waals surface area contributed by atoms with E-state index in [1.54, 1.807) is 18.2 Å². The van der Waals surface area contributed by atoms with Gasteiger partial charge in [-0.05, 0) is 36.8 Å². The normalized spacial score (nSPS) is 10.0. The third kappa shape index (κ3) is 2.85. The second-order valence-corrected chi connectivity index (χ2v) is 4.25. The zero-order chi connectivity index (χ0) is 13.8. The van der Waals surface area contributed by atoms with Gasteiger partial charge in [0, 0.05) is 11.4 Å². The minimum Gasteiger partial charge on any atom is -0.496 e. The van der Waals surface area contributed by atoms with E-state index in [9.17, 15) is 4.79 Å². The molecule has 0 aliphatic heterocycles. The maximum atomic E-state index is 12.3. The summed E-state index contributed by atoms with van der Waals surface area (Å²) in [6.07, 6.45) is 0. The SMILES string of the molecule is COc1cccc(N)c1C(=O)Nc1cccc(C)c1. The van der Waals surface area contributed by atoms with Gasteiger partial charge >= 0.3 is 0 Å². The number of aryl methyl sites for hydroxylation is 1. The van der Waals surface area contributed by atoms with Crippen LogP contribution in [0.2, 0.25) is 0 Å². The number of amides is 1. The first-order valence-electron chi connectivity index (χ1n) is 5.92. The number of carbonyl (C=O) groups is 1. The van der Waals surface area contributed by atoms with Gasteiger partial charge < -0.3 is 15.8 Å². The van der Waals surface area contributed by atoms with E-state index in [0.717, 1.165) is 11.3 Å². The van der Waals surface area contributed by atoms with E-state index in [2.05, 4.69) is 5.32 Å². The number of methoxy groups -OCH3 is 1. The first kappa shape index (κ1) is 13.0. The van der Waals surface area contributed by atoms with Crippen LogP contribution < -0.4 is 15.8 Å². The summed E-state index contributed by atoms with van der Waals surface area (Å²) in [4.78, 5) is 12.3. The van der Waals surface area contributed by atoms with Crippen LogP contribution in [0, 0.1) is 6.92 Å². The molecule has 1 amide bonds. The Bertz CT molecular complexity index is 609. The van der Waals surface area contributed by atoms with Gasteiger partial charge in [0.1, 0.15) is 11.3 Å². The van der Waals surface area contributed by atoms with E-state index < -0.39 is 0 Å². The molecule has 2 aromatic rings. The molecule has 0 unspecified atom stereocenters. The molecule has 2 rings (SSSR count). The molecule has 4 heteroatoms. The molecular formula is C15H16N2O2. The van der Waals surface area contributed by atoms with E-state index in [-0.39, 0.29) is 5.91 Å². The standard InChI is InChI=1S/C15H16N2O2/c1-10-5-3-6-11(9-10)17-15(18)14-12(16)7-4-8-13(14)19-2/h3-9H,16H2,1-2H3,(H,17,18). The lowest BCUT2D eigenvalue weighted by atomic mass is 10.1. The fourth-order valence-electron chi connectivity index (χ4n) is 1.88. The second-order valence-electron chi connectivity index (χ2n) is 4.25. The van der Waals surface area contributed by atoms with Crippen LogP contribution in [0.3, 0.4) is 0 Å². The number of rotatable bonds is 3. The summed E-state index contributed by atoms with van der Waals surface area (Å²) in [5, 5.41) is 2.82. The minimum absolute atomic E-state index is 0.277. The van der Waals surface area contributed by atoms with Crippen molar-refractivity contribution in [2.24, 2.45) is 0 Å². The molecule has 0 saturated heterocycles. The van der Waals surface area contributed by atoms with Gasteiger partial charge in [-0.15, -0.1) is 0 Å². The van der Waals surface area contributed by atoms with E-state index >= 15 is 0 Å². The van der Waals surface area contributed by atoms with Gasteiger partial charge in [-0.2, -0.15) is 0 Å². The van der Waals surface area contributed by atoms with Gasteiger partial charge in [0.25, 0.3) is 5.91 Å². The highest BCUT2D eigenvalue weighted by molar-refractivity contribution is 6.09. The van der Waals surface area contributed by atoms with E-state index in [4.69, 9.17) is 10.5 Å². The van der Waals surface area contributed by atoms with Gasteiger partial charge in [0.2, 0.25) is 0 Å². The summed E-state index contributed by atoms with van der Waals surface area (Å²) in [6, 6.07) is 12.7. The number of benzene rings is 2. The summed E-state index contributed by atoms with van der Waals surface area (Å²) in [7, 11) is 1.51. The van der Waals surface area contributed by atoms with Crippen LogP contribution in [0.15, 0.2) is 42.5 Å². The van der Waals surface area contributed by atoms with Crippen molar-refractivity contribution in [2.75, 3.05) is 18.2 Å². The molecule has 0 fully saturated rings. The molecule has 0 aliphatic rings. The van der Waals surface area contributed by atoms with Crippen molar-refractivity contribution in [1.82, 2.24) is 0 Å². The third-order valence-corrected chi connectivity index (χ3v) is 2.78. The van der Waals surface area contributed by atoms with Crippen LogP contribution in [0.4, 0.5) is 11.4 Å². The van der Waals surface area contributed by atoms with Crippen molar-refractivity contribution >= 4 is 17.3 Å².